The average Bonchev–Trinajstić information content (AvgIpc) is 3.27. The number of ether oxygens (including phenoxy) is 3. The Hall–Kier alpha value is -3.15. The number of allylic oxidation sites excluding steroid dienone is 12. The lowest BCUT2D eigenvalue weighted by Gasteiger charge is -2.18. The topological polar surface area (TPSA) is 78.9 Å². The van der Waals surface area contributed by atoms with E-state index in [0.717, 1.165) is 109 Å². The van der Waals surface area contributed by atoms with E-state index in [4.69, 9.17) is 14.2 Å². The molecule has 0 heterocycles. The maximum absolute atomic E-state index is 12.8. The van der Waals surface area contributed by atoms with E-state index in [1.807, 2.05) is 0 Å². The van der Waals surface area contributed by atoms with Crippen molar-refractivity contribution < 1.29 is 28.6 Å². The predicted molar refractivity (Wildman–Crippen MR) is 265 cm³/mol. The van der Waals surface area contributed by atoms with Crippen LogP contribution >= 0.6 is 0 Å². The van der Waals surface area contributed by atoms with Crippen LogP contribution in [0.5, 0.6) is 0 Å². The standard InChI is InChI=1S/C56H96O6/c1-4-7-10-13-16-19-22-24-26-28-29-31-32-34-37-40-43-46-49-55(58)61-52-53(51-60-54(57)48-45-42-39-36-21-18-15-12-9-6-3)62-56(59)50-47-44-41-38-35-33-30-27-25-23-20-17-14-11-8-5-2/h8,11,17,20,25-29,31,33,35,53H,4-7,9-10,12-16,18-19,21-24,30,32,34,36-52H2,1-3H3/b11-8-,20-17-,27-25-,28-26-,31-29-,35-33-. The van der Waals surface area contributed by atoms with Crippen LogP contribution in [0.4, 0.5) is 0 Å². The second kappa shape index (κ2) is 50.5. The molecule has 6 heteroatoms. The summed E-state index contributed by atoms with van der Waals surface area (Å²) < 4.78 is 16.7. The molecular weight excluding hydrogens is 769 g/mol. The fourth-order valence-electron chi connectivity index (χ4n) is 7.07. The van der Waals surface area contributed by atoms with E-state index in [-0.39, 0.29) is 37.5 Å². The number of esters is 3. The molecule has 1 unspecified atom stereocenters. The first-order valence-corrected chi connectivity index (χ1v) is 26.0. The van der Waals surface area contributed by atoms with Gasteiger partial charge in [-0.15, -0.1) is 0 Å². The van der Waals surface area contributed by atoms with Crippen LogP contribution in [0.15, 0.2) is 72.9 Å². The van der Waals surface area contributed by atoms with Crippen LogP contribution in [0, 0.1) is 0 Å². The molecule has 0 aliphatic heterocycles. The fraction of sp³-hybridized carbons (Fsp3) is 0.732. The molecule has 0 N–H and O–H groups in total. The first kappa shape index (κ1) is 58.9. The summed E-state index contributed by atoms with van der Waals surface area (Å²) in [6.45, 7) is 6.47. The van der Waals surface area contributed by atoms with E-state index in [2.05, 4.69) is 93.7 Å². The summed E-state index contributed by atoms with van der Waals surface area (Å²) in [5.41, 5.74) is 0. The maximum Gasteiger partial charge on any atom is 0.306 e. The molecule has 0 bridgehead atoms. The van der Waals surface area contributed by atoms with E-state index in [1.165, 1.54) is 96.3 Å². The molecule has 0 rings (SSSR count). The van der Waals surface area contributed by atoms with Crippen molar-refractivity contribution in [2.24, 2.45) is 0 Å². The largest absolute Gasteiger partial charge is 0.462 e. The van der Waals surface area contributed by atoms with Crippen LogP contribution in [-0.2, 0) is 28.6 Å². The molecule has 0 aliphatic rings. The quantitative estimate of drug-likeness (QED) is 0.0199. The van der Waals surface area contributed by atoms with Crippen molar-refractivity contribution in [1.29, 1.82) is 0 Å². The smallest absolute Gasteiger partial charge is 0.306 e. The number of hydrogen-bond donors (Lipinski definition) is 0. The van der Waals surface area contributed by atoms with Gasteiger partial charge >= 0.3 is 17.9 Å². The number of hydrogen-bond acceptors (Lipinski definition) is 6. The summed E-state index contributed by atoms with van der Waals surface area (Å²) in [5.74, 6) is -0.939. The maximum atomic E-state index is 12.8. The van der Waals surface area contributed by atoms with Crippen LogP contribution < -0.4 is 0 Å². The Morgan fingerprint density at radius 2 is 0.677 bits per heavy atom. The molecule has 356 valence electrons. The highest BCUT2D eigenvalue weighted by Crippen LogP contribution is 2.14. The summed E-state index contributed by atoms with van der Waals surface area (Å²) in [6, 6.07) is 0. The van der Waals surface area contributed by atoms with E-state index in [0.29, 0.717) is 12.8 Å². The van der Waals surface area contributed by atoms with Crippen molar-refractivity contribution in [2.45, 2.75) is 252 Å². The molecule has 0 fully saturated rings. The number of carbonyl (C=O) groups is 3. The summed E-state index contributed by atoms with van der Waals surface area (Å²) in [6.07, 6.45) is 63.1. The highest BCUT2D eigenvalue weighted by atomic mass is 16.6. The van der Waals surface area contributed by atoms with Crippen molar-refractivity contribution in [3.05, 3.63) is 72.9 Å². The van der Waals surface area contributed by atoms with Gasteiger partial charge in [0.05, 0.1) is 0 Å². The first-order valence-electron chi connectivity index (χ1n) is 26.0. The predicted octanol–water partition coefficient (Wildman–Crippen LogP) is 17.0. The highest BCUT2D eigenvalue weighted by Gasteiger charge is 2.19. The van der Waals surface area contributed by atoms with Crippen molar-refractivity contribution >= 4 is 17.9 Å². The van der Waals surface area contributed by atoms with Gasteiger partial charge in [-0.1, -0.05) is 216 Å². The minimum absolute atomic E-state index is 0.0924. The van der Waals surface area contributed by atoms with Crippen LogP contribution in [0.1, 0.15) is 245 Å². The van der Waals surface area contributed by atoms with Crippen molar-refractivity contribution in [2.75, 3.05) is 13.2 Å². The molecule has 62 heavy (non-hydrogen) atoms. The van der Waals surface area contributed by atoms with Gasteiger partial charge in [-0.25, -0.2) is 0 Å². The Bertz CT molecular complexity index is 1180. The van der Waals surface area contributed by atoms with Crippen LogP contribution in [0.2, 0.25) is 0 Å². The Labute approximate surface area is 382 Å². The second-order valence-corrected chi connectivity index (χ2v) is 17.1. The lowest BCUT2D eigenvalue weighted by Crippen LogP contribution is -2.30. The second-order valence-electron chi connectivity index (χ2n) is 17.1. The third kappa shape index (κ3) is 47.9. The van der Waals surface area contributed by atoms with Gasteiger partial charge in [0.2, 0.25) is 0 Å². The molecule has 0 radical (unpaired) electrons. The van der Waals surface area contributed by atoms with Crippen LogP contribution in [0.3, 0.4) is 0 Å². The summed E-state index contributed by atoms with van der Waals surface area (Å²) in [7, 11) is 0. The Morgan fingerprint density at radius 1 is 0.355 bits per heavy atom. The molecule has 0 spiro atoms. The lowest BCUT2D eigenvalue weighted by molar-refractivity contribution is -0.167. The average molecular weight is 865 g/mol. The van der Waals surface area contributed by atoms with Gasteiger partial charge in [-0.05, 0) is 83.5 Å². The molecule has 0 aliphatic carbocycles. The molecule has 0 aromatic rings. The zero-order valence-corrected chi connectivity index (χ0v) is 40.6. The lowest BCUT2D eigenvalue weighted by atomic mass is 10.1. The van der Waals surface area contributed by atoms with E-state index in [1.54, 1.807) is 0 Å². The SMILES string of the molecule is CC/C=C\C/C=C\C/C=C\C/C=C\CCCCCC(=O)OC(COC(=O)CCCCCCC/C=C\C=C/CCCCCCCCC)COC(=O)CCCCCCCCCCCC. The normalized spacial score (nSPS) is 12.6. The zero-order chi connectivity index (χ0) is 45.1. The van der Waals surface area contributed by atoms with Gasteiger partial charge in [0.15, 0.2) is 6.10 Å². The van der Waals surface area contributed by atoms with Gasteiger partial charge < -0.3 is 14.2 Å². The summed E-state index contributed by atoms with van der Waals surface area (Å²) >= 11 is 0. The van der Waals surface area contributed by atoms with Gasteiger partial charge in [0.1, 0.15) is 13.2 Å². The number of rotatable bonds is 46. The minimum Gasteiger partial charge on any atom is -0.462 e. The van der Waals surface area contributed by atoms with Crippen LogP contribution in [0.25, 0.3) is 0 Å². The Kier molecular flexibility index (Phi) is 47.9. The fourth-order valence-corrected chi connectivity index (χ4v) is 7.07. The van der Waals surface area contributed by atoms with Gasteiger partial charge in [0.25, 0.3) is 0 Å². The monoisotopic (exact) mass is 865 g/mol. The van der Waals surface area contributed by atoms with E-state index >= 15 is 0 Å². The van der Waals surface area contributed by atoms with Gasteiger partial charge in [-0.3, -0.25) is 14.4 Å². The van der Waals surface area contributed by atoms with Gasteiger partial charge in [0, 0.05) is 19.3 Å². The molecule has 0 aromatic carbocycles. The molecule has 0 amide bonds. The van der Waals surface area contributed by atoms with Crippen molar-refractivity contribution in [3.63, 3.8) is 0 Å². The molecule has 6 nitrogen and oxygen atoms in total. The zero-order valence-electron chi connectivity index (χ0n) is 40.6. The molecule has 0 aromatic heterocycles. The molecular formula is C56H96O6. The molecule has 0 saturated heterocycles. The van der Waals surface area contributed by atoms with Gasteiger partial charge in [-0.2, -0.15) is 0 Å². The summed E-state index contributed by atoms with van der Waals surface area (Å²) in [5, 5.41) is 0. The minimum atomic E-state index is -0.796. The number of unbranched alkanes of at least 4 members (excludes halogenated alkanes) is 24. The highest BCUT2D eigenvalue weighted by molar-refractivity contribution is 5.71. The Morgan fingerprint density at radius 3 is 1.10 bits per heavy atom. The van der Waals surface area contributed by atoms with E-state index < -0.39 is 6.10 Å². The summed E-state index contributed by atoms with van der Waals surface area (Å²) in [4.78, 5) is 37.9. The third-order valence-corrected chi connectivity index (χ3v) is 11.0. The molecule has 0 saturated carbocycles. The Balaban J connectivity index is 4.42. The van der Waals surface area contributed by atoms with E-state index in [9.17, 15) is 14.4 Å². The molecule has 1 atom stereocenters. The first-order chi connectivity index (χ1) is 30.5. The third-order valence-electron chi connectivity index (χ3n) is 11.0. The van der Waals surface area contributed by atoms with Crippen LogP contribution in [-0.4, -0.2) is 37.2 Å². The van der Waals surface area contributed by atoms with Crippen molar-refractivity contribution in [1.82, 2.24) is 0 Å². The van der Waals surface area contributed by atoms with Crippen molar-refractivity contribution in [3.8, 4) is 0 Å². The number of carbonyl (C=O) groups excluding carboxylic acids is 3.